The normalized spacial score (nSPS) is 20.8. The first kappa shape index (κ1) is 20.7. The van der Waals surface area contributed by atoms with Gasteiger partial charge in [0, 0.05) is 25.9 Å². The molecule has 1 unspecified atom stereocenters. The topological polar surface area (TPSA) is 43.4 Å². The molecule has 0 fully saturated rings. The Morgan fingerprint density at radius 3 is 2.35 bits per heavy atom. The Balaban J connectivity index is 2.12. The zero-order chi connectivity index (χ0) is 17.3. The van der Waals surface area contributed by atoms with E-state index < -0.39 is 4.39 Å². The van der Waals surface area contributed by atoms with Gasteiger partial charge in [0.1, 0.15) is 11.6 Å². The van der Waals surface area contributed by atoms with Crippen LogP contribution in [0.3, 0.4) is 0 Å². The fourth-order valence-electron chi connectivity index (χ4n) is 2.71. The fourth-order valence-corrected chi connectivity index (χ4v) is 4.06. The number of ketones is 2. The number of carbonyl (C=O) groups is 2. The van der Waals surface area contributed by atoms with Crippen LogP contribution in [-0.4, -0.2) is 22.6 Å². The molecule has 0 aromatic carbocycles. The van der Waals surface area contributed by atoms with E-state index in [1.54, 1.807) is 11.8 Å². The average Bonchev–Trinajstić information content (AvgIpc) is 2.88. The van der Waals surface area contributed by atoms with E-state index >= 15 is 0 Å². The number of carbonyl (C=O) groups excluding carboxylic acids is 2. The highest BCUT2D eigenvalue weighted by Gasteiger charge is 2.32. The summed E-state index contributed by atoms with van der Waals surface area (Å²) >= 11 is 7.91. The summed E-state index contributed by atoms with van der Waals surface area (Å²) in [5, 5.41) is 2.06. The molecule has 0 saturated carbocycles. The van der Waals surface area contributed by atoms with Gasteiger partial charge < -0.3 is 4.74 Å². The highest BCUT2D eigenvalue weighted by molar-refractivity contribution is 8.04. The highest BCUT2D eigenvalue weighted by Crippen LogP contribution is 2.44. The maximum Gasteiger partial charge on any atom is 0.196 e. The molecule has 0 bridgehead atoms. The third-order valence-corrected chi connectivity index (χ3v) is 5.75. The van der Waals surface area contributed by atoms with Crippen LogP contribution < -0.4 is 0 Å². The molecule has 0 aromatic heterocycles. The Morgan fingerprint density at radius 1 is 1.22 bits per heavy atom. The van der Waals surface area contributed by atoms with Gasteiger partial charge in [0.2, 0.25) is 0 Å². The zero-order valence-corrected chi connectivity index (χ0v) is 16.1. The quantitative estimate of drug-likeness (QED) is 0.263. The summed E-state index contributed by atoms with van der Waals surface area (Å²) < 4.78 is 5.17. The molecule has 3 nitrogen and oxygen atoms in total. The first-order chi connectivity index (χ1) is 10.9. The van der Waals surface area contributed by atoms with E-state index in [9.17, 15) is 9.59 Å². The predicted octanol–water partition coefficient (Wildman–Crippen LogP) is 5.46. The van der Waals surface area contributed by atoms with E-state index in [-0.39, 0.29) is 17.5 Å². The molecule has 0 N–H and O–H groups in total. The standard InChI is InChI=1S/C18H29ClO3S/c1-4-16(20)15(17(21)5-2)10-8-6-7-9-11-22-18(19)12-14(3)13-23-18/h13,15H,4-12H2,1-3H3. The Kier molecular flexibility index (Phi) is 9.48. The first-order valence-electron chi connectivity index (χ1n) is 8.63. The molecule has 0 aromatic rings. The van der Waals surface area contributed by atoms with Crippen molar-refractivity contribution in [2.75, 3.05) is 6.61 Å². The predicted molar refractivity (Wildman–Crippen MR) is 97.7 cm³/mol. The van der Waals surface area contributed by atoms with Crippen LogP contribution in [0.5, 0.6) is 0 Å². The largest absolute Gasteiger partial charge is 0.350 e. The molecule has 23 heavy (non-hydrogen) atoms. The van der Waals surface area contributed by atoms with Crippen LogP contribution in [0.1, 0.15) is 72.1 Å². The molecule has 5 heteroatoms. The number of halogens is 1. The van der Waals surface area contributed by atoms with Gasteiger partial charge in [0.25, 0.3) is 0 Å². The van der Waals surface area contributed by atoms with Gasteiger partial charge in [0.15, 0.2) is 4.39 Å². The molecular weight excluding hydrogens is 332 g/mol. The number of ether oxygens (including phenoxy) is 1. The third-order valence-electron chi connectivity index (χ3n) is 4.11. The van der Waals surface area contributed by atoms with Crippen molar-refractivity contribution in [3.05, 3.63) is 11.0 Å². The summed E-state index contributed by atoms with van der Waals surface area (Å²) in [7, 11) is 0. The van der Waals surface area contributed by atoms with Gasteiger partial charge in [-0.15, -0.1) is 0 Å². The fraction of sp³-hybridized carbons (Fsp3) is 0.778. The minimum absolute atomic E-state index is 0.0883. The van der Waals surface area contributed by atoms with Crippen molar-refractivity contribution >= 4 is 34.9 Å². The van der Waals surface area contributed by atoms with Gasteiger partial charge in [-0.3, -0.25) is 9.59 Å². The van der Waals surface area contributed by atoms with E-state index in [4.69, 9.17) is 16.3 Å². The summed E-state index contributed by atoms with van der Waals surface area (Å²) in [5.41, 5.74) is 1.26. The molecule has 0 saturated heterocycles. The van der Waals surface area contributed by atoms with Crippen molar-refractivity contribution in [3.63, 3.8) is 0 Å². The molecule has 1 aliphatic rings. The van der Waals surface area contributed by atoms with E-state index in [1.165, 1.54) is 5.57 Å². The average molecular weight is 361 g/mol. The van der Waals surface area contributed by atoms with E-state index in [0.29, 0.717) is 25.9 Å². The Morgan fingerprint density at radius 2 is 1.83 bits per heavy atom. The summed E-state index contributed by atoms with van der Waals surface area (Å²) in [4.78, 5) is 23.6. The van der Waals surface area contributed by atoms with Gasteiger partial charge in [-0.05, 0) is 25.2 Å². The molecule has 132 valence electrons. The second-order valence-corrected chi connectivity index (χ2v) is 8.13. The number of unbranched alkanes of at least 4 members (excludes halogenated alkanes) is 3. The first-order valence-corrected chi connectivity index (χ1v) is 9.89. The van der Waals surface area contributed by atoms with Crippen LogP contribution in [0.2, 0.25) is 0 Å². The number of hydrogen-bond donors (Lipinski definition) is 0. The third kappa shape index (κ3) is 7.40. The lowest BCUT2D eigenvalue weighted by atomic mass is 9.90. The molecule has 1 rings (SSSR count). The minimum Gasteiger partial charge on any atom is -0.350 e. The zero-order valence-electron chi connectivity index (χ0n) is 14.5. The number of alkyl halides is 1. The van der Waals surface area contributed by atoms with Gasteiger partial charge >= 0.3 is 0 Å². The van der Waals surface area contributed by atoms with Crippen molar-refractivity contribution in [2.45, 2.75) is 76.5 Å². The summed E-state index contributed by atoms with van der Waals surface area (Å²) in [6.45, 7) is 6.37. The van der Waals surface area contributed by atoms with E-state index in [2.05, 4.69) is 12.3 Å². The molecule has 0 radical (unpaired) electrons. The number of rotatable bonds is 12. The molecular formula is C18H29ClO3S. The van der Waals surface area contributed by atoms with Crippen LogP contribution in [0, 0.1) is 5.92 Å². The second kappa shape index (κ2) is 10.5. The minimum atomic E-state index is -0.601. The second-order valence-electron chi connectivity index (χ2n) is 6.16. The van der Waals surface area contributed by atoms with Gasteiger partial charge in [0.05, 0.1) is 5.92 Å². The van der Waals surface area contributed by atoms with E-state index in [1.807, 2.05) is 13.8 Å². The lowest BCUT2D eigenvalue weighted by Crippen LogP contribution is -2.23. The van der Waals surface area contributed by atoms with Crippen LogP contribution in [0.25, 0.3) is 0 Å². The molecule has 0 amide bonds. The SMILES string of the molecule is CCC(=O)C(CCCCCCOC1(Cl)CC(C)=CS1)C(=O)CC. The molecule has 0 spiro atoms. The maximum absolute atomic E-state index is 11.8. The van der Waals surface area contributed by atoms with Crippen LogP contribution in [0.4, 0.5) is 0 Å². The lowest BCUT2D eigenvalue weighted by molar-refractivity contribution is -0.132. The van der Waals surface area contributed by atoms with E-state index in [0.717, 1.165) is 32.1 Å². The maximum atomic E-state index is 11.8. The van der Waals surface area contributed by atoms with Crippen molar-refractivity contribution < 1.29 is 14.3 Å². The smallest absolute Gasteiger partial charge is 0.196 e. The highest BCUT2D eigenvalue weighted by atomic mass is 35.5. The number of Topliss-reactive ketones (excluding diaryl/α,β-unsaturated/α-hetero) is 2. The molecule has 1 aliphatic heterocycles. The van der Waals surface area contributed by atoms with Gasteiger partial charge in [-0.25, -0.2) is 0 Å². The Hall–Kier alpha value is -0.320. The summed E-state index contributed by atoms with van der Waals surface area (Å²) in [6, 6.07) is 0. The van der Waals surface area contributed by atoms with Gasteiger partial charge in [-0.1, -0.05) is 62.0 Å². The number of thioether (sulfide) groups is 1. The molecule has 0 aliphatic carbocycles. The number of hydrogen-bond acceptors (Lipinski definition) is 4. The monoisotopic (exact) mass is 360 g/mol. The van der Waals surface area contributed by atoms with Crippen molar-refractivity contribution in [1.29, 1.82) is 0 Å². The molecule has 1 heterocycles. The molecule has 1 atom stereocenters. The summed E-state index contributed by atoms with van der Waals surface area (Å²) in [6.07, 6.45) is 6.31. The lowest BCUT2D eigenvalue weighted by Gasteiger charge is -2.21. The Bertz CT molecular complexity index is 420. The Labute approximate surface area is 149 Å². The van der Waals surface area contributed by atoms with Crippen molar-refractivity contribution in [1.82, 2.24) is 0 Å². The summed E-state index contributed by atoms with van der Waals surface area (Å²) in [5.74, 6) is -0.202. The van der Waals surface area contributed by atoms with Crippen molar-refractivity contribution in [3.8, 4) is 0 Å². The van der Waals surface area contributed by atoms with Crippen molar-refractivity contribution in [2.24, 2.45) is 5.92 Å². The van der Waals surface area contributed by atoms with Crippen LogP contribution >= 0.6 is 23.4 Å². The van der Waals surface area contributed by atoms with Crippen LogP contribution in [0.15, 0.2) is 11.0 Å². The van der Waals surface area contributed by atoms with Crippen LogP contribution in [-0.2, 0) is 14.3 Å². The van der Waals surface area contributed by atoms with Gasteiger partial charge in [-0.2, -0.15) is 0 Å².